The number of carbonyl (C=O) groups excluding carboxylic acids is 1. The van der Waals surface area contributed by atoms with Crippen LogP contribution in [0.25, 0.3) is 0 Å². The van der Waals surface area contributed by atoms with Gasteiger partial charge in [-0.2, -0.15) is 8.78 Å². The van der Waals surface area contributed by atoms with Crippen LogP contribution >= 0.6 is 0 Å². The van der Waals surface area contributed by atoms with E-state index in [0.29, 0.717) is 18.7 Å². The van der Waals surface area contributed by atoms with Gasteiger partial charge in [0.2, 0.25) is 9.84 Å². The summed E-state index contributed by atoms with van der Waals surface area (Å²) in [5.41, 5.74) is 0.293. The summed E-state index contributed by atoms with van der Waals surface area (Å²) in [5.74, 6) is -3.69. The molecule has 7 heteroatoms. The summed E-state index contributed by atoms with van der Waals surface area (Å²) in [6.07, 6.45) is 1.83. The Morgan fingerprint density at radius 3 is 2.19 bits per heavy atom. The molecular formula is C14H19F2NO3S. The number of rotatable bonds is 7. The highest BCUT2D eigenvalue weighted by molar-refractivity contribution is 7.91. The molecule has 0 saturated heterocycles. The van der Waals surface area contributed by atoms with E-state index in [9.17, 15) is 22.0 Å². The summed E-state index contributed by atoms with van der Waals surface area (Å²) in [5, 5.41) is 0. The van der Waals surface area contributed by atoms with E-state index in [1.165, 1.54) is 12.1 Å². The number of alkyl halides is 2. The molecular weight excluding hydrogens is 300 g/mol. The molecule has 0 bridgehead atoms. The molecule has 1 amide bonds. The lowest BCUT2D eigenvalue weighted by atomic mass is 10.2. The van der Waals surface area contributed by atoms with E-state index >= 15 is 0 Å². The van der Waals surface area contributed by atoms with Crippen molar-refractivity contribution in [2.45, 2.75) is 37.3 Å². The van der Waals surface area contributed by atoms with Crippen LogP contribution in [-0.4, -0.2) is 38.1 Å². The van der Waals surface area contributed by atoms with Crippen molar-refractivity contribution in [3.05, 3.63) is 29.8 Å². The van der Waals surface area contributed by atoms with E-state index in [-0.39, 0.29) is 5.91 Å². The van der Waals surface area contributed by atoms with Crippen LogP contribution in [0.1, 0.15) is 37.0 Å². The Bertz CT molecular complexity index is 570. The number of unbranched alkanes of at least 4 members (excludes halogenated alkanes) is 1. The highest BCUT2D eigenvalue weighted by Crippen LogP contribution is 2.19. The second kappa shape index (κ2) is 7.49. The minimum absolute atomic E-state index is 0.230. The molecule has 1 aromatic carbocycles. The van der Waals surface area contributed by atoms with Crippen molar-refractivity contribution in [2.75, 3.05) is 13.1 Å². The van der Waals surface area contributed by atoms with E-state index in [1.807, 2.05) is 13.8 Å². The molecule has 0 N–H and O–H groups in total. The van der Waals surface area contributed by atoms with Gasteiger partial charge in [-0.05, 0) is 37.6 Å². The monoisotopic (exact) mass is 319 g/mol. The van der Waals surface area contributed by atoms with Crippen LogP contribution in [0.15, 0.2) is 29.2 Å². The number of amides is 1. The lowest BCUT2D eigenvalue weighted by Crippen LogP contribution is -2.31. The number of nitrogens with zero attached hydrogens (tertiary/aromatic N) is 1. The van der Waals surface area contributed by atoms with Crippen LogP contribution in [0.5, 0.6) is 0 Å². The average Bonchev–Trinajstić information content (AvgIpc) is 2.47. The number of benzene rings is 1. The molecule has 1 aromatic rings. The highest BCUT2D eigenvalue weighted by atomic mass is 32.2. The van der Waals surface area contributed by atoms with Gasteiger partial charge in [-0.15, -0.1) is 0 Å². The van der Waals surface area contributed by atoms with Crippen LogP contribution < -0.4 is 0 Å². The van der Waals surface area contributed by atoms with Gasteiger partial charge in [-0.3, -0.25) is 4.79 Å². The topological polar surface area (TPSA) is 54.5 Å². The van der Waals surface area contributed by atoms with Crippen LogP contribution in [0.4, 0.5) is 8.78 Å². The molecule has 21 heavy (non-hydrogen) atoms. The highest BCUT2D eigenvalue weighted by Gasteiger charge is 2.26. The molecule has 0 heterocycles. The molecule has 0 fully saturated rings. The van der Waals surface area contributed by atoms with Gasteiger partial charge in [0.25, 0.3) is 5.91 Å². The molecule has 0 spiro atoms. The maximum atomic E-state index is 12.4. The molecule has 0 unspecified atom stereocenters. The normalized spacial score (nSPS) is 11.7. The SMILES string of the molecule is CCCCN(CC)C(=O)c1ccc(S(=O)(=O)C(F)F)cc1. The third kappa shape index (κ3) is 4.23. The summed E-state index contributed by atoms with van der Waals surface area (Å²) < 4.78 is 47.4. The number of carbonyl (C=O) groups is 1. The fourth-order valence-corrected chi connectivity index (χ4v) is 2.55. The molecule has 0 radical (unpaired) electrons. The molecule has 0 atom stereocenters. The fraction of sp³-hybridized carbons (Fsp3) is 0.500. The van der Waals surface area contributed by atoms with E-state index in [4.69, 9.17) is 0 Å². The zero-order chi connectivity index (χ0) is 16.0. The lowest BCUT2D eigenvalue weighted by Gasteiger charge is -2.20. The van der Waals surface area contributed by atoms with Gasteiger partial charge in [-0.25, -0.2) is 8.42 Å². The zero-order valence-corrected chi connectivity index (χ0v) is 12.9. The third-order valence-electron chi connectivity index (χ3n) is 3.11. The van der Waals surface area contributed by atoms with E-state index in [1.54, 1.807) is 4.90 Å². The summed E-state index contributed by atoms with van der Waals surface area (Å²) in [6.45, 7) is 5.02. The predicted molar refractivity (Wildman–Crippen MR) is 76.1 cm³/mol. The Balaban J connectivity index is 2.94. The summed E-state index contributed by atoms with van der Waals surface area (Å²) in [6, 6.07) is 4.63. The van der Waals surface area contributed by atoms with Crippen molar-refractivity contribution in [1.29, 1.82) is 0 Å². The molecule has 0 aliphatic rings. The second-order valence-electron chi connectivity index (χ2n) is 4.57. The Morgan fingerprint density at radius 1 is 1.19 bits per heavy atom. The second-order valence-corrected chi connectivity index (χ2v) is 6.49. The van der Waals surface area contributed by atoms with Crippen molar-refractivity contribution in [1.82, 2.24) is 4.90 Å². The first-order valence-electron chi connectivity index (χ1n) is 6.76. The van der Waals surface area contributed by atoms with Crippen molar-refractivity contribution < 1.29 is 22.0 Å². The fourth-order valence-electron chi connectivity index (χ4n) is 1.82. The minimum atomic E-state index is -4.62. The Kier molecular flexibility index (Phi) is 6.26. The third-order valence-corrected chi connectivity index (χ3v) is 4.51. The van der Waals surface area contributed by atoms with Gasteiger partial charge >= 0.3 is 5.76 Å². The summed E-state index contributed by atoms with van der Waals surface area (Å²) >= 11 is 0. The summed E-state index contributed by atoms with van der Waals surface area (Å²) in [4.78, 5) is 13.4. The van der Waals surface area contributed by atoms with Crippen molar-refractivity contribution in [3.63, 3.8) is 0 Å². The van der Waals surface area contributed by atoms with Gasteiger partial charge in [0, 0.05) is 18.7 Å². The average molecular weight is 319 g/mol. The Labute approximate surface area is 123 Å². The van der Waals surface area contributed by atoms with E-state index in [0.717, 1.165) is 25.0 Å². The first-order chi connectivity index (χ1) is 9.84. The van der Waals surface area contributed by atoms with Crippen LogP contribution in [0.2, 0.25) is 0 Å². The molecule has 4 nitrogen and oxygen atoms in total. The standard InChI is InChI=1S/C14H19F2NO3S/c1-3-5-10-17(4-2)13(18)11-6-8-12(9-7-11)21(19,20)14(15)16/h6-9,14H,3-5,10H2,1-2H3. The van der Waals surface area contributed by atoms with Gasteiger partial charge in [-0.1, -0.05) is 13.3 Å². The first kappa shape index (κ1) is 17.6. The number of hydrogen-bond acceptors (Lipinski definition) is 3. The molecule has 0 aromatic heterocycles. The predicted octanol–water partition coefficient (Wildman–Crippen LogP) is 2.95. The van der Waals surface area contributed by atoms with Gasteiger partial charge < -0.3 is 4.90 Å². The largest absolute Gasteiger partial charge is 0.341 e. The van der Waals surface area contributed by atoms with Gasteiger partial charge in [0.15, 0.2) is 0 Å². The van der Waals surface area contributed by atoms with Crippen molar-refractivity contribution in [3.8, 4) is 0 Å². The molecule has 0 aliphatic carbocycles. The maximum Gasteiger partial charge on any atom is 0.341 e. The van der Waals surface area contributed by atoms with Crippen molar-refractivity contribution in [2.24, 2.45) is 0 Å². The van der Waals surface area contributed by atoms with E-state index in [2.05, 4.69) is 0 Å². The number of sulfone groups is 1. The molecule has 118 valence electrons. The Morgan fingerprint density at radius 2 is 1.76 bits per heavy atom. The Hall–Kier alpha value is -1.50. The number of hydrogen-bond donors (Lipinski definition) is 0. The quantitative estimate of drug-likeness (QED) is 0.776. The van der Waals surface area contributed by atoms with Crippen LogP contribution in [-0.2, 0) is 9.84 Å². The number of halogens is 2. The minimum Gasteiger partial charge on any atom is -0.339 e. The molecule has 0 aliphatic heterocycles. The van der Waals surface area contributed by atoms with Crippen LogP contribution in [0, 0.1) is 0 Å². The smallest absolute Gasteiger partial charge is 0.339 e. The lowest BCUT2D eigenvalue weighted by molar-refractivity contribution is 0.0762. The first-order valence-corrected chi connectivity index (χ1v) is 8.30. The van der Waals surface area contributed by atoms with Gasteiger partial charge in [0.1, 0.15) is 0 Å². The van der Waals surface area contributed by atoms with Crippen LogP contribution in [0.3, 0.4) is 0 Å². The molecule has 0 saturated carbocycles. The summed E-state index contributed by atoms with van der Waals surface area (Å²) in [7, 11) is -4.62. The zero-order valence-electron chi connectivity index (χ0n) is 12.1. The van der Waals surface area contributed by atoms with E-state index < -0.39 is 20.5 Å². The molecule has 1 rings (SSSR count). The maximum absolute atomic E-state index is 12.4. The van der Waals surface area contributed by atoms with Gasteiger partial charge in [0.05, 0.1) is 4.90 Å². The van der Waals surface area contributed by atoms with Crippen molar-refractivity contribution >= 4 is 15.7 Å².